The Bertz CT molecular complexity index is 17.6. The van der Waals surface area contributed by atoms with Crippen molar-refractivity contribution in [2.24, 2.45) is 0 Å². The summed E-state index contributed by atoms with van der Waals surface area (Å²) in [6.45, 7) is 0. The quantitative estimate of drug-likeness (QED) is 0.384. The van der Waals surface area contributed by atoms with Gasteiger partial charge in [0.25, 0.3) is 0 Å². The Balaban J connectivity index is 2.54. The van der Waals surface area contributed by atoms with Crippen molar-refractivity contribution in [2.75, 3.05) is 0 Å². The van der Waals surface area contributed by atoms with Gasteiger partial charge in [0.1, 0.15) is 7.57 Å². The molecule has 28 valence electrons. The summed E-state index contributed by atoms with van der Waals surface area (Å²) in [5.74, 6) is 0. The van der Waals surface area contributed by atoms with Crippen molar-refractivity contribution >= 4 is 40.6 Å². The summed E-state index contributed by atoms with van der Waals surface area (Å²) >= 11 is 0. The average molecular weight is 140 g/mol. The van der Waals surface area contributed by atoms with Crippen molar-refractivity contribution in [2.45, 2.75) is 0 Å². The zero-order valence-corrected chi connectivity index (χ0v) is 6.88. The van der Waals surface area contributed by atoms with Gasteiger partial charge in [0.15, 0.2) is 0 Å². The van der Waals surface area contributed by atoms with Gasteiger partial charge in [0.05, 0.1) is 0 Å². The molecule has 2 radical (unpaired) electrons. The van der Waals surface area contributed by atoms with Crippen LogP contribution in [0.5, 0.6) is 0 Å². The van der Waals surface area contributed by atoms with E-state index in [-0.39, 0.29) is 7.18 Å². The molecular formula is H5BP4. The van der Waals surface area contributed by atoms with E-state index < -0.39 is 0 Å². The summed E-state index contributed by atoms with van der Waals surface area (Å²) in [7, 11) is 11.1. The van der Waals surface area contributed by atoms with E-state index in [9.17, 15) is 0 Å². The molecule has 0 nitrogen and oxygen atoms in total. The zero-order valence-electron chi connectivity index (χ0n) is 2.68. The van der Waals surface area contributed by atoms with Gasteiger partial charge in [0, 0.05) is 0 Å². The monoisotopic (exact) mass is 140 g/mol. The fraction of sp³-hybridized carbons (Fsp3) is 0. The predicted octanol–water partition coefficient (Wildman–Crippen LogP) is 1.73. The second-order valence-electron chi connectivity index (χ2n) is 0.536. The normalized spacial score (nSPS) is 17.2. The lowest BCUT2D eigenvalue weighted by molar-refractivity contribution is 4.80. The van der Waals surface area contributed by atoms with Crippen LogP contribution < -0.4 is 0 Å². The van der Waals surface area contributed by atoms with E-state index in [1.54, 1.807) is 0 Å². The molecule has 4 atom stereocenters. The summed E-state index contributed by atoms with van der Waals surface area (Å²) in [5, 5.41) is 0. The summed E-state index contributed by atoms with van der Waals surface area (Å²) < 4.78 is 0. The predicted molar refractivity (Wildman–Crippen MR) is 40.4 cm³/mol. The standard InChI is InChI=1S/BH5P4/c1-5(3)4-2/h4H,2-3H2. The molecule has 0 aromatic carbocycles. The molecule has 5 heavy (non-hydrogen) atoms. The van der Waals surface area contributed by atoms with Gasteiger partial charge in [-0.05, 0) is 0 Å². The molecule has 0 aliphatic carbocycles. The van der Waals surface area contributed by atoms with Crippen molar-refractivity contribution in [1.29, 1.82) is 0 Å². The summed E-state index contributed by atoms with van der Waals surface area (Å²) in [6.07, 6.45) is 0. The maximum absolute atomic E-state index is 5.31. The lowest BCUT2D eigenvalue weighted by Crippen LogP contribution is -1.29. The van der Waals surface area contributed by atoms with Crippen molar-refractivity contribution in [1.82, 2.24) is 0 Å². The molecule has 0 rings (SSSR count). The first-order valence-electron chi connectivity index (χ1n) is 1.03. The maximum Gasteiger partial charge on any atom is 0.120 e. The topological polar surface area (TPSA) is 0 Å². The Labute approximate surface area is 41.2 Å². The zero-order chi connectivity index (χ0) is 4.28. The Hall–Kier alpha value is 1.78. The number of hydrogen-bond acceptors (Lipinski definition) is 0. The van der Waals surface area contributed by atoms with Crippen LogP contribution in [-0.4, -0.2) is 7.57 Å². The minimum atomic E-state index is -0.191. The molecule has 0 aromatic rings. The van der Waals surface area contributed by atoms with Gasteiger partial charge in [-0.3, -0.25) is 0 Å². The molecule has 4 unspecified atom stereocenters. The van der Waals surface area contributed by atoms with Crippen LogP contribution >= 0.6 is 33.0 Å². The number of rotatable bonds is 1. The highest BCUT2D eigenvalue weighted by Crippen LogP contribution is 2.61. The second-order valence-corrected chi connectivity index (χ2v) is 9.47. The van der Waals surface area contributed by atoms with E-state index in [1.165, 1.54) is 0 Å². The summed E-state index contributed by atoms with van der Waals surface area (Å²) in [6, 6.07) is 0. The molecule has 0 saturated heterocycles. The largest absolute Gasteiger partial charge is 0.120 e. The van der Waals surface area contributed by atoms with E-state index in [1.807, 2.05) is 0 Å². The molecule has 0 aliphatic rings. The molecule has 0 aliphatic heterocycles. The minimum absolute atomic E-state index is 0.191. The fourth-order valence-electron chi connectivity index (χ4n) is 0. The molecule has 5 heteroatoms. The SMILES string of the molecule is [B]P(P)PP. The molecule has 0 N–H and O–H groups in total. The maximum atomic E-state index is 5.31. The highest BCUT2D eigenvalue weighted by molar-refractivity contribution is 8.68. The molecule has 0 fully saturated rings. The fourth-order valence-corrected chi connectivity index (χ4v) is 0. The van der Waals surface area contributed by atoms with Crippen LogP contribution in [0.15, 0.2) is 0 Å². The molecular weight excluding hydrogens is 135 g/mol. The van der Waals surface area contributed by atoms with E-state index in [0.717, 1.165) is 7.96 Å². The van der Waals surface area contributed by atoms with Gasteiger partial charge in [-0.2, -0.15) is 0 Å². The van der Waals surface area contributed by atoms with Gasteiger partial charge >= 0.3 is 0 Å². The Morgan fingerprint density at radius 3 is 2.00 bits per heavy atom. The van der Waals surface area contributed by atoms with E-state index >= 15 is 0 Å². The van der Waals surface area contributed by atoms with Crippen molar-refractivity contribution in [3.05, 3.63) is 0 Å². The van der Waals surface area contributed by atoms with E-state index in [0.29, 0.717) is 0 Å². The van der Waals surface area contributed by atoms with Gasteiger partial charge in [-0.15, -0.1) is 25.0 Å². The van der Waals surface area contributed by atoms with Gasteiger partial charge < -0.3 is 0 Å². The van der Waals surface area contributed by atoms with Crippen LogP contribution in [0.4, 0.5) is 0 Å². The molecule has 0 amide bonds. The van der Waals surface area contributed by atoms with E-state index in [4.69, 9.17) is 7.57 Å². The second kappa shape index (κ2) is 3.96. The number of hydrogen-bond donors (Lipinski definition) is 0. The van der Waals surface area contributed by atoms with Crippen molar-refractivity contribution < 1.29 is 0 Å². The van der Waals surface area contributed by atoms with Crippen molar-refractivity contribution in [3.8, 4) is 0 Å². The third-order valence-corrected chi connectivity index (χ3v) is 8.05. The van der Waals surface area contributed by atoms with Crippen molar-refractivity contribution in [3.63, 3.8) is 0 Å². The van der Waals surface area contributed by atoms with Crippen LogP contribution in [0.2, 0.25) is 0 Å². The Morgan fingerprint density at radius 1 is 1.80 bits per heavy atom. The molecule has 0 bridgehead atoms. The lowest BCUT2D eigenvalue weighted by Gasteiger charge is -1.93. The molecule has 0 aromatic heterocycles. The summed E-state index contributed by atoms with van der Waals surface area (Å²) in [5.41, 5.74) is 0. The highest BCUT2D eigenvalue weighted by Gasteiger charge is 1.78. The van der Waals surface area contributed by atoms with E-state index in [2.05, 4.69) is 17.9 Å². The van der Waals surface area contributed by atoms with Gasteiger partial charge in [0.2, 0.25) is 0 Å². The Morgan fingerprint density at radius 2 is 2.00 bits per heavy atom. The smallest absolute Gasteiger partial charge is 0.117 e. The lowest BCUT2D eigenvalue weighted by atomic mass is 10.8. The van der Waals surface area contributed by atoms with Crippen LogP contribution in [0.25, 0.3) is 0 Å². The summed E-state index contributed by atoms with van der Waals surface area (Å²) in [4.78, 5) is 0. The van der Waals surface area contributed by atoms with Crippen LogP contribution in [0.3, 0.4) is 0 Å². The molecule has 0 heterocycles. The highest BCUT2D eigenvalue weighted by atomic mass is 32.6. The first-order chi connectivity index (χ1) is 2.27. The van der Waals surface area contributed by atoms with Gasteiger partial charge in [-0.25, -0.2) is 0 Å². The minimum Gasteiger partial charge on any atom is -0.117 e. The molecule has 0 saturated carbocycles. The van der Waals surface area contributed by atoms with Crippen LogP contribution in [0, 0.1) is 0 Å². The Kier molecular flexibility index (Phi) is 5.37. The third-order valence-electron chi connectivity index (χ3n) is 0.149. The molecule has 0 spiro atoms. The average Bonchev–Trinajstić information content (AvgIpc) is 1.38. The third kappa shape index (κ3) is 5.78. The first-order valence-corrected chi connectivity index (χ1v) is 7.71. The van der Waals surface area contributed by atoms with Gasteiger partial charge in [-0.1, -0.05) is 7.96 Å². The van der Waals surface area contributed by atoms with Crippen LogP contribution in [-0.2, 0) is 0 Å². The first kappa shape index (κ1) is 6.78. The van der Waals surface area contributed by atoms with Crippen LogP contribution in [0.1, 0.15) is 0 Å².